The number of nitrogens with zero attached hydrogens (tertiary/aromatic N) is 4. The molecule has 0 saturated carbocycles. The summed E-state index contributed by atoms with van der Waals surface area (Å²) in [6.45, 7) is 3.52. The minimum absolute atomic E-state index is 0.0436. The Bertz CT molecular complexity index is 679. The first-order valence-corrected chi connectivity index (χ1v) is 9.23. The van der Waals surface area contributed by atoms with Crippen LogP contribution < -0.4 is 0 Å². The molecule has 3 heterocycles. The van der Waals surface area contributed by atoms with Crippen molar-refractivity contribution in [2.75, 3.05) is 19.6 Å². The average molecular weight is 339 g/mol. The highest BCUT2D eigenvalue weighted by molar-refractivity contribution is 5.82. The van der Waals surface area contributed by atoms with Crippen LogP contribution >= 0.6 is 0 Å². The summed E-state index contributed by atoms with van der Waals surface area (Å²) in [6.07, 6.45) is 5.58. The van der Waals surface area contributed by atoms with Gasteiger partial charge in [-0.2, -0.15) is 5.10 Å². The van der Waals surface area contributed by atoms with Crippen LogP contribution in [0.1, 0.15) is 43.0 Å². The summed E-state index contributed by atoms with van der Waals surface area (Å²) in [6, 6.07) is 10.5. The molecule has 0 bridgehead atoms. The van der Waals surface area contributed by atoms with Gasteiger partial charge in [0.1, 0.15) is 12.2 Å². The maximum atomic E-state index is 13.0. The third-order valence-electron chi connectivity index (χ3n) is 5.50. The standard InChI is InChI=1S/C19H25N5O/c25-19(23-11-8-16(9-12-23)18-20-14-21-22-18)17-7-4-10-24(17)13-15-5-2-1-3-6-15/h1-3,5-6,14,16-17H,4,7-13H2,(H,20,21,22). The van der Waals surface area contributed by atoms with Crippen LogP contribution in [0.2, 0.25) is 0 Å². The number of carbonyl (C=O) groups excluding carboxylic acids is 1. The van der Waals surface area contributed by atoms with Crippen molar-refractivity contribution in [3.05, 3.63) is 48.0 Å². The smallest absolute Gasteiger partial charge is 0.239 e. The van der Waals surface area contributed by atoms with E-state index in [9.17, 15) is 4.79 Å². The van der Waals surface area contributed by atoms with E-state index in [1.165, 1.54) is 5.56 Å². The fourth-order valence-electron chi connectivity index (χ4n) is 4.11. The highest BCUT2D eigenvalue weighted by Crippen LogP contribution is 2.28. The third-order valence-corrected chi connectivity index (χ3v) is 5.50. The molecule has 2 aromatic rings. The molecule has 2 aliphatic rings. The largest absolute Gasteiger partial charge is 0.341 e. The Hall–Kier alpha value is -2.21. The molecule has 0 spiro atoms. The summed E-state index contributed by atoms with van der Waals surface area (Å²) in [7, 11) is 0. The Morgan fingerprint density at radius 1 is 1.12 bits per heavy atom. The number of amides is 1. The van der Waals surface area contributed by atoms with Crippen molar-refractivity contribution in [2.24, 2.45) is 0 Å². The van der Waals surface area contributed by atoms with Gasteiger partial charge in [0, 0.05) is 25.6 Å². The Morgan fingerprint density at radius 3 is 2.64 bits per heavy atom. The van der Waals surface area contributed by atoms with E-state index in [4.69, 9.17) is 0 Å². The van der Waals surface area contributed by atoms with Crippen LogP contribution in [0, 0.1) is 0 Å². The highest BCUT2D eigenvalue weighted by Gasteiger charge is 2.35. The fourth-order valence-corrected chi connectivity index (χ4v) is 4.11. The molecule has 1 N–H and O–H groups in total. The first-order valence-electron chi connectivity index (χ1n) is 9.23. The molecule has 132 valence electrons. The zero-order chi connectivity index (χ0) is 17.1. The van der Waals surface area contributed by atoms with E-state index in [-0.39, 0.29) is 6.04 Å². The maximum absolute atomic E-state index is 13.0. The van der Waals surface area contributed by atoms with Crippen LogP contribution in [0.5, 0.6) is 0 Å². The number of H-pyrrole nitrogens is 1. The van der Waals surface area contributed by atoms with Crippen LogP contribution in [0.4, 0.5) is 0 Å². The average Bonchev–Trinajstić information content (AvgIpc) is 3.34. The lowest BCUT2D eigenvalue weighted by molar-refractivity contribution is -0.137. The topological polar surface area (TPSA) is 65.1 Å². The molecular weight excluding hydrogens is 314 g/mol. The monoisotopic (exact) mass is 339 g/mol. The predicted octanol–water partition coefficient (Wildman–Crippen LogP) is 2.18. The molecule has 1 aromatic carbocycles. The zero-order valence-electron chi connectivity index (χ0n) is 14.5. The third kappa shape index (κ3) is 3.58. The maximum Gasteiger partial charge on any atom is 0.239 e. The van der Waals surface area contributed by atoms with Gasteiger partial charge < -0.3 is 4.90 Å². The number of aromatic amines is 1. The van der Waals surface area contributed by atoms with Gasteiger partial charge in [0.2, 0.25) is 5.91 Å². The lowest BCUT2D eigenvalue weighted by Gasteiger charge is -2.35. The minimum Gasteiger partial charge on any atom is -0.341 e. The molecule has 4 rings (SSSR count). The van der Waals surface area contributed by atoms with Crippen LogP contribution in [0.3, 0.4) is 0 Å². The summed E-state index contributed by atoms with van der Waals surface area (Å²) < 4.78 is 0. The molecule has 2 fully saturated rings. The molecule has 2 aliphatic heterocycles. The van der Waals surface area contributed by atoms with Gasteiger partial charge in [-0.05, 0) is 37.8 Å². The summed E-state index contributed by atoms with van der Waals surface area (Å²) in [4.78, 5) is 21.7. The zero-order valence-corrected chi connectivity index (χ0v) is 14.5. The first-order chi connectivity index (χ1) is 12.3. The summed E-state index contributed by atoms with van der Waals surface area (Å²) in [5.41, 5.74) is 1.28. The fraction of sp³-hybridized carbons (Fsp3) is 0.526. The number of hydrogen-bond donors (Lipinski definition) is 1. The van der Waals surface area contributed by atoms with E-state index in [0.29, 0.717) is 11.8 Å². The van der Waals surface area contributed by atoms with E-state index in [1.807, 2.05) is 6.07 Å². The molecule has 0 radical (unpaired) electrons. The van der Waals surface area contributed by atoms with Gasteiger partial charge in [0.05, 0.1) is 6.04 Å². The second-order valence-electron chi connectivity index (χ2n) is 7.08. The molecule has 2 saturated heterocycles. The minimum atomic E-state index is 0.0436. The molecule has 1 amide bonds. The van der Waals surface area contributed by atoms with Crippen molar-refractivity contribution in [3.8, 4) is 0 Å². The van der Waals surface area contributed by atoms with Gasteiger partial charge in [0.15, 0.2) is 0 Å². The molecule has 6 nitrogen and oxygen atoms in total. The Balaban J connectivity index is 1.35. The van der Waals surface area contributed by atoms with Gasteiger partial charge in [0.25, 0.3) is 0 Å². The van der Waals surface area contributed by atoms with Crippen molar-refractivity contribution in [2.45, 2.75) is 44.2 Å². The second-order valence-corrected chi connectivity index (χ2v) is 7.08. The molecule has 6 heteroatoms. The van der Waals surface area contributed by atoms with Gasteiger partial charge in [-0.15, -0.1) is 0 Å². The number of benzene rings is 1. The quantitative estimate of drug-likeness (QED) is 0.927. The molecule has 0 aliphatic carbocycles. The summed E-state index contributed by atoms with van der Waals surface area (Å²) in [5, 5.41) is 6.91. The van der Waals surface area contributed by atoms with E-state index in [2.05, 4.69) is 49.2 Å². The van der Waals surface area contributed by atoms with Crippen molar-refractivity contribution in [3.63, 3.8) is 0 Å². The number of nitrogens with one attached hydrogen (secondary N) is 1. The number of hydrogen-bond acceptors (Lipinski definition) is 4. The van der Waals surface area contributed by atoms with Gasteiger partial charge in [-0.25, -0.2) is 4.98 Å². The van der Waals surface area contributed by atoms with Crippen LogP contribution in [-0.2, 0) is 11.3 Å². The van der Waals surface area contributed by atoms with Crippen molar-refractivity contribution >= 4 is 5.91 Å². The normalized spacial score (nSPS) is 22.4. The number of rotatable bonds is 4. The Labute approximate surface area is 148 Å². The van der Waals surface area contributed by atoms with Crippen LogP contribution in [0.25, 0.3) is 0 Å². The highest BCUT2D eigenvalue weighted by atomic mass is 16.2. The van der Waals surface area contributed by atoms with Gasteiger partial charge in [-0.3, -0.25) is 14.8 Å². The van der Waals surface area contributed by atoms with Crippen LogP contribution in [0.15, 0.2) is 36.7 Å². The van der Waals surface area contributed by atoms with E-state index in [1.54, 1.807) is 6.33 Å². The Kier molecular flexibility index (Phi) is 4.78. The van der Waals surface area contributed by atoms with Crippen LogP contribution in [-0.4, -0.2) is 56.6 Å². The number of piperidine rings is 1. The molecule has 1 aromatic heterocycles. The number of likely N-dealkylation sites (tertiary alicyclic amines) is 2. The molecule has 1 atom stereocenters. The van der Waals surface area contributed by atoms with E-state index < -0.39 is 0 Å². The van der Waals surface area contributed by atoms with Crippen molar-refractivity contribution in [1.82, 2.24) is 25.0 Å². The molecule has 25 heavy (non-hydrogen) atoms. The van der Waals surface area contributed by atoms with E-state index in [0.717, 1.165) is 57.7 Å². The molecule has 1 unspecified atom stereocenters. The summed E-state index contributed by atoms with van der Waals surface area (Å²) >= 11 is 0. The number of carbonyl (C=O) groups is 1. The SMILES string of the molecule is O=C(C1CCCN1Cc1ccccc1)N1CCC(c2ncn[nH]2)CC1. The van der Waals surface area contributed by atoms with Gasteiger partial charge >= 0.3 is 0 Å². The molecular formula is C19H25N5O. The number of aromatic nitrogens is 3. The van der Waals surface area contributed by atoms with Crippen molar-refractivity contribution in [1.29, 1.82) is 0 Å². The van der Waals surface area contributed by atoms with E-state index >= 15 is 0 Å². The predicted molar refractivity (Wildman–Crippen MR) is 94.8 cm³/mol. The first kappa shape index (κ1) is 16.3. The Morgan fingerprint density at radius 2 is 1.92 bits per heavy atom. The van der Waals surface area contributed by atoms with Gasteiger partial charge in [-0.1, -0.05) is 30.3 Å². The lowest BCUT2D eigenvalue weighted by Crippen LogP contribution is -2.48. The summed E-state index contributed by atoms with van der Waals surface area (Å²) in [5.74, 6) is 1.67. The lowest BCUT2D eigenvalue weighted by atomic mass is 9.95. The second kappa shape index (κ2) is 7.35. The van der Waals surface area contributed by atoms with Crippen molar-refractivity contribution < 1.29 is 4.79 Å².